The Bertz CT molecular complexity index is 991. The van der Waals surface area contributed by atoms with Gasteiger partial charge in [-0.2, -0.15) is 0 Å². The highest BCUT2D eigenvalue weighted by Gasteiger charge is 2.35. The second-order valence-corrected chi connectivity index (χ2v) is 8.56. The van der Waals surface area contributed by atoms with Gasteiger partial charge in [0.25, 0.3) is 5.91 Å². The Kier molecular flexibility index (Phi) is 4.60. The van der Waals surface area contributed by atoms with E-state index in [0.29, 0.717) is 42.6 Å². The molecule has 2 aromatic rings. The summed E-state index contributed by atoms with van der Waals surface area (Å²) in [4.78, 5) is 33.3. The number of para-hydroxylation sites is 1. The van der Waals surface area contributed by atoms with Crippen LogP contribution in [0.5, 0.6) is 5.75 Å². The molecule has 1 aromatic heterocycles. The number of aromatic nitrogens is 1. The van der Waals surface area contributed by atoms with Crippen LogP contribution in [0.15, 0.2) is 30.5 Å². The molecule has 2 fully saturated rings. The molecule has 2 amide bonds. The van der Waals surface area contributed by atoms with Crippen molar-refractivity contribution in [2.24, 2.45) is 5.92 Å². The number of hydrogen-bond donors (Lipinski definition) is 1. The third-order valence-corrected chi connectivity index (χ3v) is 6.08. The Balaban J connectivity index is 1.27. The molecule has 0 bridgehead atoms. The van der Waals surface area contributed by atoms with Crippen LogP contribution in [0.1, 0.15) is 34.3 Å². The van der Waals surface area contributed by atoms with E-state index in [9.17, 15) is 9.59 Å². The fraction of sp³-hybridized carbons (Fsp3) is 0.435. The number of amides is 2. The smallest absolute Gasteiger partial charge is 0.255 e. The monoisotopic (exact) mass is 406 g/mol. The maximum atomic E-state index is 13.0. The predicted molar refractivity (Wildman–Crippen MR) is 114 cm³/mol. The first-order valence-electron chi connectivity index (χ1n) is 10.6. The predicted octanol–water partition coefficient (Wildman–Crippen LogP) is 2.77. The Labute approximate surface area is 176 Å². The summed E-state index contributed by atoms with van der Waals surface area (Å²) in [6.45, 7) is 6.13. The number of nitrogens with zero attached hydrogens (tertiary/aromatic N) is 3. The molecule has 0 radical (unpaired) electrons. The average molecular weight is 406 g/mol. The number of rotatable bonds is 5. The lowest BCUT2D eigenvalue weighted by Crippen LogP contribution is -2.56. The van der Waals surface area contributed by atoms with Crippen LogP contribution in [0.3, 0.4) is 0 Å². The molecule has 0 spiro atoms. The topological polar surface area (TPSA) is 74.8 Å². The highest BCUT2D eigenvalue weighted by Crippen LogP contribution is 2.35. The standard InChI is InChI=1S/C23H26N4O3/c1-14-4-3-5-15(2)21(14)30-18-12-26(13-18)23(29)17-8-19-22(24-9-17)25-10-20(28)27(19)11-16-6-7-16/h3-5,8-9,16,18H,6-7,10-13H2,1-2H3,(H,24,25). The van der Waals surface area contributed by atoms with Crippen LogP contribution in [-0.2, 0) is 4.79 Å². The van der Waals surface area contributed by atoms with E-state index in [1.54, 1.807) is 22.1 Å². The molecule has 30 heavy (non-hydrogen) atoms. The third kappa shape index (κ3) is 3.49. The van der Waals surface area contributed by atoms with E-state index in [1.807, 2.05) is 32.0 Å². The van der Waals surface area contributed by atoms with Crippen molar-refractivity contribution in [2.45, 2.75) is 32.8 Å². The molecule has 1 saturated heterocycles. The van der Waals surface area contributed by atoms with Crippen LogP contribution in [-0.4, -0.2) is 54.0 Å². The molecule has 156 valence electrons. The number of anilines is 2. The molecule has 1 aliphatic carbocycles. The molecular weight excluding hydrogens is 380 g/mol. The first kappa shape index (κ1) is 18.9. The summed E-state index contributed by atoms with van der Waals surface area (Å²) in [7, 11) is 0. The first-order valence-corrected chi connectivity index (χ1v) is 10.6. The number of carbonyl (C=O) groups excluding carboxylic acids is 2. The lowest BCUT2D eigenvalue weighted by atomic mass is 10.1. The van der Waals surface area contributed by atoms with Crippen molar-refractivity contribution in [2.75, 3.05) is 36.4 Å². The van der Waals surface area contributed by atoms with Gasteiger partial charge in [-0.1, -0.05) is 18.2 Å². The molecule has 1 N–H and O–H groups in total. The summed E-state index contributed by atoms with van der Waals surface area (Å²) in [5.41, 5.74) is 3.43. The van der Waals surface area contributed by atoms with Gasteiger partial charge in [-0.3, -0.25) is 9.59 Å². The third-order valence-electron chi connectivity index (χ3n) is 6.08. The number of carbonyl (C=O) groups is 2. The summed E-state index contributed by atoms with van der Waals surface area (Å²) in [5.74, 6) is 2.11. The quantitative estimate of drug-likeness (QED) is 0.827. The summed E-state index contributed by atoms with van der Waals surface area (Å²) >= 11 is 0. The van der Waals surface area contributed by atoms with Gasteiger partial charge in [0, 0.05) is 12.7 Å². The first-order chi connectivity index (χ1) is 14.5. The molecule has 5 rings (SSSR count). The second kappa shape index (κ2) is 7.31. The zero-order chi connectivity index (χ0) is 20.8. The van der Waals surface area contributed by atoms with E-state index >= 15 is 0 Å². The van der Waals surface area contributed by atoms with Gasteiger partial charge in [0.15, 0.2) is 0 Å². The normalized spacial score (nSPS) is 18.5. The summed E-state index contributed by atoms with van der Waals surface area (Å²) < 4.78 is 6.13. The lowest BCUT2D eigenvalue weighted by molar-refractivity contribution is -0.117. The van der Waals surface area contributed by atoms with Gasteiger partial charge in [-0.05, 0) is 49.8 Å². The second-order valence-electron chi connectivity index (χ2n) is 8.56. The number of ether oxygens (including phenoxy) is 1. The van der Waals surface area contributed by atoms with Crippen molar-refractivity contribution in [3.05, 3.63) is 47.2 Å². The van der Waals surface area contributed by atoms with E-state index in [4.69, 9.17) is 4.74 Å². The maximum absolute atomic E-state index is 13.0. The number of hydrogen-bond acceptors (Lipinski definition) is 5. The highest BCUT2D eigenvalue weighted by atomic mass is 16.5. The van der Waals surface area contributed by atoms with Crippen molar-refractivity contribution >= 4 is 23.3 Å². The molecule has 2 aliphatic heterocycles. The van der Waals surface area contributed by atoms with Crippen LogP contribution < -0.4 is 15.0 Å². The van der Waals surface area contributed by atoms with Gasteiger partial charge >= 0.3 is 0 Å². The molecule has 7 nitrogen and oxygen atoms in total. The summed E-state index contributed by atoms with van der Waals surface area (Å²) in [6.07, 6.45) is 3.91. The van der Waals surface area contributed by atoms with Crippen molar-refractivity contribution in [1.29, 1.82) is 0 Å². The van der Waals surface area contributed by atoms with Crippen molar-refractivity contribution in [3.8, 4) is 5.75 Å². The summed E-state index contributed by atoms with van der Waals surface area (Å²) in [6, 6.07) is 7.89. The van der Waals surface area contributed by atoms with E-state index < -0.39 is 0 Å². The maximum Gasteiger partial charge on any atom is 0.255 e. The fourth-order valence-corrected chi connectivity index (χ4v) is 4.07. The van der Waals surface area contributed by atoms with Crippen molar-refractivity contribution < 1.29 is 14.3 Å². The zero-order valence-corrected chi connectivity index (χ0v) is 17.4. The van der Waals surface area contributed by atoms with Crippen LogP contribution in [0.4, 0.5) is 11.5 Å². The SMILES string of the molecule is Cc1cccc(C)c1OC1CN(C(=O)c2cnc3c(c2)N(CC2CC2)C(=O)CN3)C1. The largest absolute Gasteiger partial charge is 0.486 e. The molecular formula is C23H26N4O3. The van der Waals surface area contributed by atoms with Gasteiger partial charge in [0.1, 0.15) is 17.7 Å². The van der Waals surface area contributed by atoms with E-state index in [-0.39, 0.29) is 24.5 Å². The molecule has 0 atom stereocenters. The minimum Gasteiger partial charge on any atom is -0.486 e. The Morgan fingerprint density at radius 1 is 1.23 bits per heavy atom. The molecule has 0 unspecified atom stereocenters. The number of fused-ring (bicyclic) bond motifs is 1. The summed E-state index contributed by atoms with van der Waals surface area (Å²) in [5, 5.41) is 3.06. The van der Waals surface area contributed by atoms with Crippen LogP contribution in [0.25, 0.3) is 0 Å². The lowest BCUT2D eigenvalue weighted by Gasteiger charge is -2.39. The molecule has 1 aromatic carbocycles. The molecule has 3 aliphatic rings. The molecule has 3 heterocycles. The van der Waals surface area contributed by atoms with Gasteiger partial charge in [-0.15, -0.1) is 0 Å². The minimum atomic E-state index is -0.0731. The van der Waals surface area contributed by atoms with Crippen molar-refractivity contribution in [1.82, 2.24) is 9.88 Å². The number of likely N-dealkylation sites (tertiary alicyclic amines) is 1. The molecule has 1 saturated carbocycles. The fourth-order valence-electron chi connectivity index (χ4n) is 4.07. The Morgan fingerprint density at radius 3 is 2.67 bits per heavy atom. The Hall–Kier alpha value is -3.09. The zero-order valence-electron chi connectivity index (χ0n) is 17.4. The highest BCUT2D eigenvalue weighted by molar-refractivity contribution is 6.04. The van der Waals surface area contributed by atoms with Gasteiger partial charge in [-0.25, -0.2) is 4.98 Å². The number of pyridine rings is 1. The van der Waals surface area contributed by atoms with Crippen LogP contribution in [0.2, 0.25) is 0 Å². The Morgan fingerprint density at radius 2 is 1.97 bits per heavy atom. The molecule has 7 heteroatoms. The van der Waals surface area contributed by atoms with Crippen LogP contribution >= 0.6 is 0 Å². The van der Waals surface area contributed by atoms with Gasteiger partial charge in [0.05, 0.1) is 30.9 Å². The van der Waals surface area contributed by atoms with Gasteiger partial charge < -0.3 is 19.9 Å². The van der Waals surface area contributed by atoms with Crippen LogP contribution in [0, 0.1) is 19.8 Å². The minimum absolute atomic E-state index is 0.00561. The van der Waals surface area contributed by atoms with Gasteiger partial charge in [0.2, 0.25) is 5.91 Å². The van der Waals surface area contributed by atoms with E-state index in [1.165, 1.54) is 0 Å². The number of aryl methyl sites for hydroxylation is 2. The van der Waals surface area contributed by atoms with Crippen molar-refractivity contribution in [3.63, 3.8) is 0 Å². The van der Waals surface area contributed by atoms with E-state index in [0.717, 1.165) is 29.7 Å². The van der Waals surface area contributed by atoms with E-state index in [2.05, 4.69) is 10.3 Å². The average Bonchev–Trinajstić information content (AvgIpc) is 3.52. The number of benzene rings is 1. The number of nitrogens with one attached hydrogen (secondary N) is 1.